The van der Waals surface area contributed by atoms with E-state index in [1.165, 1.54) is 6.08 Å². The molecule has 7 nitrogen and oxygen atoms in total. The van der Waals surface area contributed by atoms with Crippen LogP contribution in [-0.2, 0) is 0 Å². The van der Waals surface area contributed by atoms with Crippen molar-refractivity contribution in [2.75, 3.05) is 38.0 Å². The third kappa shape index (κ3) is 5.49. The van der Waals surface area contributed by atoms with Crippen LogP contribution in [0.15, 0.2) is 71.3 Å². The number of benzene rings is 2. The molecular formula is C27H21N7. The molecule has 0 aliphatic rings. The van der Waals surface area contributed by atoms with E-state index in [0.29, 0.717) is 11.1 Å². The summed E-state index contributed by atoms with van der Waals surface area (Å²) in [7, 11) is 7.54. The van der Waals surface area contributed by atoms with Gasteiger partial charge >= 0.3 is 0 Å². The Morgan fingerprint density at radius 3 is 1.41 bits per heavy atom. The van der Waals surface area contributed by atoms with E-state index in [1.54, 1.807) is 24.3 Å². The fourth-order valence-corrected chi connectivity index (χ4v) is 3.20. The van der Waals surface area contributed by atoms with E-state index in [4.69, 9.17) is 0 Å². The lowest BCUT2D eigenvalue weighted by Crippen LogP contribution is -2.08. The average molecular weight is 444 g/mol. The van der Waals surface area contributed by atoms with Crippen molar-refractivity contribution in [3.8, 4) is 30.3 Å². The first-order valence-electron chi connectivity index (χ1n) is 10.1. The van der Waals surface area contributed by atoms with Crippen LogP contribution in [0.25, 0.3) is 11.1 Å². The first-order valence-corrected chi connectivity index (χ1v) is 10.1. The smallest absolute Gasteiger partial charge is 0.138 e. The highest BCUT2D eigenvalue weighted by Crippen LogP contribution is 2.35. The lowest BCUT2D eigenvalue weighted by molar-refractivity contribution is 1.13. The normalized spacial score (nSPS) is 10.1. The maximum absolute atomic E-state index is 10.2. The number of allylic oxidation sites excluding steroid dienone is 6. The summed E-state index contributed by atoms with van der Waals surface area (Å²) in [6.45, 7) is 0. The molecule has 0 saturated heterocycles. The maximum Gasteiger partial charge on any atom is 0.138 e. The maximum atomic E-state index is 10.2. The van der Waals surface area contributed by atoms with Gasteiger partial charge in [-0.25, -0.2) is 0 Å². The van der Waals surface area contributed by atoms with Gasteiger partial charge in [0.1, 0.15) is 41.5 Å². The van der Waals surface area contributed by atoms with Crippen molar-refractivity contribution in [3.63, 3.8) is 0 Å². The zero-order valence-corrected chi connectivity index (χ0v) is 19.3. The Labute approximate surface area is 199 Å². The van der Waals surface area contributed by atoms with Gasteiger partial charge in [-0.3, -0.25) is 0 Å². The van der Waals surface area contributed by atoms with Crippen LogP contribution in [0.4, 0.5) is 11.4 Å². The highest BCUT2D eigenvalue weighted by atomic mass is 15.1. The number of anilines is 2. The summed E-state index contributed by atoms with van der Waals surface area (Å²) in [5, 5.41) is 48.3. The molecule has 0 aromatic heterocycles. The van der Waals surface area contributed by atoms with Gasteiger partial charge in [0, 0.05) is 50.7 Å². The van der Waals surface area contributed by atoms with E-state index < -0.39 is 0 Å². The topological polar surface area (TPSA) is 125 Å². The summed E-state index contributed by atoms with van der Waals surface area (Å²) < 4.78 is 0. The summed E-state index contributed by atoms with van der Waals surface area (Å²) >= 11 is 0. The van der Waals surface area contributed by atoms with Crippen molar-refractivity contribution < 1.29 is 0 Å². The van der Waals surface area contributed by atoms with Crippen LogP contribution in [0, 0.1) is 56.7 Å². The summed E-state index contributed by atoms with van der Waals surface area (Å²) in [6.07, 6.45) is 1.31. The fourth-order valence-electron chi connectivity index (χ4n) is 3.20. The van der Waals surface area contributed by atoms with Crippen molar-refractivity contribution >= 4 is 22.5 Å². The molecular weight excluding hydrogens is 422 g/mol. The largest absolute Gasteiger partial charge is 0.378 e. The van der Waals surface area contributed by atoms with E-state index >= 15 is 0 Å². The summed E-state index contributed by atoms with van der Waals surface area (Å²) in [6, 6.07) is 23.8. The molecule has 34 heavy (non-hydrogen) atoms. The van der Waals surface area contributed by atoms with E-state index in [2.05, 4.69) is 6.07 Å². The lowest BCUT2D eigenvalue weighted by atomic mass is 9.87. The van der Waals surface area contributed by atoms with Crippen LogP contribution in [0.1, 0.15) is 11.1 Å². The minimum atomic E-state index is -0.250. The predicted octanol–water partition coefficient (Wildman–Crippen LogP) is 4.57. The molecule has 7 heteroatoms. The first kappa shape index (κ1) is 25.0. The van der Waals surface area contributed by atoms with E-state index in [9.17, 15) is 26.3 Å². The van der Waals surface area contributed by atoms with Crippen molar-refractivity contribution in [1.82, 2.24) is 0 Å². The molecule has 0 spiro atoms. The standard InChI is InChI=1S/C27H21N7/c1-33(2)23-9-5-20(6-10-23)25(13-19(14-28)15-29)26(18-32)27(22(16-30)17-31)21-7-11-24(12-8-21)34(3)4/h5-13H,1-4H3/b26-25-. The highest BCUT2D eigenvalue weighted by molar-refractivity contribution is 5.99. The van der Waals surface area contributed by atoms with Crippen LogP contribution >= 0.6 is 0 Å². The molecule has 0 fully saturated rings. The zero-order chi connectivity index (χ0) is 25.3. The molecule has 0 heterocycles. The SMILES string of the molecule is CN(C)c1ccc(C(=C(C#N)C#N)/C(C#N)=C(/C=C(C#N)C#N)c2ccc(N(C)C)cc2)cc1. The third-order valence-corrected chi connectivity index (χ3v) is 5.00. The van der Waals surface area contributed by atoms with Crippen LogP contribution in [0.2, 0.25) is 0 Å². The van der Waals surface area contributed by atoms with Crippen molar-refractivity contribution in [2.45, 2.75) is 0 Å². The Hall–Kier alpha value is -5.29. The minimum Gasteiger partial charge on any atom is -0.378 e. The Bertz CT molecular complexity index is 1340. The number of nitrogens with zero attached hydrogens (tertiary/aromatic N) is 7. The number of hydrogen-bond acceptors (Lipinski definition) is 7. The molecule has 2 aromatic rings. The third-order valence-electron chi connectivity index (χ3n) is 5.00. The molecule has 0 atom stereocenters. The van der Waals surface area contributed by atoms with E-state index in [1.807, 2.05) is 86.5 Å². The molecule has 0 aliphatic carbocycles. The van der Waals surface area contributed by atoms with Gasteiger partial charge < -0.3 is 9.80 Å². The van der Waals surface area contributed by atoms with E-state index in [0.717, 1.165) is 11.4 Å². The van der Waals surface area contributed by atoms with E-state index in [-0.39, 0.29) is 27.9 Å². The summed E-state index contributed by atoms with van der Waals surface area (Å²) in [5.41, 5.74) is 2.81. The van der Waals surface area contributed by atoms with Crippen molar-refractivity contribution in [1.29, 1.82) is 26.3 Å². The van der Waals surface area contributed by atoms with Gasteiger partial charge in [-0.15, -0.1) is 0 Å². The van der Waals surface area contributed by atoms with Crippen molar-refractivity contribution in [2.24, 2.45) is 0 Å². The van der Waals surface area contributed by atoms with Crippen LogP contribution in [0.5, 0.6) is 0 Å². The molecule has 0 amide bonds. The Balaban J connectivity index is 2.98. The zero-order valence-electron chi connectivity index (χ0n) is 19.3. The monoisotopic (exact) mass is 443 g/mol. The summed E-state index contributed by atoms with van der Waals surface area (Å²) in [5.74, 6) is 0. The van der Waals surface area contributed by atoms with Crippen LogP contribution in [-0.4, -0.2) is 28.2 Å². The molecule has 2 aromatic carbocycles. The Kier molecular flexibility index (Phi) is 8.35. The van der Waals surface area contributed by atoms with Gasteiger partial charge in [-0.05, 0) is 41.5 Å². The predicted molar refractivity (Wildman–Crippen MR) is 132 cm³/mol. The van der Waals surface area contributed by atoms with Gasteiger partial charge in [0.2, 0.25) is 0 Å². The van der Waals surface area contributed by atoms with Gasteiger partial charge in [-0.2, -0.15) is 26.3 Å². The van der Waals surface area contributed by atoms with Crippen LogP contribution < -0.4 is 9.80 Å². The second-order valence-corrected chi connectivity index (χ2v) is 7.54. The highest BCUT2D eigenvalue weighted by Gasteiger charge is 2.20. The van der Waals surface area contributed by atoms with Crippen molar-refractivity contribution in [3.05, 3.63) is 82.5 Å². The molecule has 0 radical (unpaired) electrons. The molecule has 0 unspecified atom stereocenters. The molecule has 164 valence electrons. The number of nitriles is 5. The quantitative estimate of drug-likeness (QED) is 0.473. The second kappa shape index (κ2) is 11.4. The summed E-state index contributed by atoms with van der Waals surface area (Å²) in [4.78, 5) is 3.81. The molecule has 0 aliphatic heterocycles. The van der Waals surface area contributed by atoms with Gasteiger partial charge in [0.05, 0.1) is 5.57 Å². The average Bonchev–Trinajstić information content (AvgIpc) is 2.86. The fraction of sp³-hybridized carbons (Fsp3) is 0.148. The van der Waals surface area contributed by atoms with Gasteiger partial charge in [0.15, 0.2) is 0 Å². The van der Waals surface area contributed by atoms with Crippen LogP contribution in [0.3, 0.4) is 0 Å². The number of hydrogen-bond donors (Lipinski definition) is 0. The lowest BCUT2D eigenvalue weighted by Gasteiger charge is -2.16. The molecule has 2 rings (SSSR count). The molecule has 0 N–H and O–H groups in total. The molecule has 0 bridgehead atoms. The Morgan fingerprint density at radius 1 is 0.618 bits per heavy atom. The Morgan fingerprint density at radius 2 is 1.06 bits per heavy atom. The minimum absolute atomic E-state index is 0.0105. The molecule has 0 saturated carbocycles. The number of rotatable bonds is 6. The van der Waals surface area contributed by atoms with Gasteiger partial charge in [-0.1, -0.05) is 24.3 Å². The first-order chi connectivity index (χ1) is 16.3. The second-order valence-electron chi connectivity index (χ2n) is 7.54. The van der Waals surface area contributed by atoms with Gasteiger partial charge in [0.25, 0.3) is 0 Å².